The minimum Gasteiger partial charge on any atom is -0.353 e. The first-order chi connectivity index (χ1) is 9.84. The lowest BCUT2D eigenvalue weighted by molar-refractivity contribution is -0.121. The van der Waals surface area contributed by atoms with Gasteiger partial charge in [0.2, 0.25) is 5.91 Å². The summed E-state index contributed by atoms with van der Waals surface area (Å²) in [6.45, 7) is 1.83. The summed E-state index contributed by atoms with van der Waals surface area (Å²) in [5.74, 6) is 0.223. The zero-order valence-corrected chi connectivity index (χ0v) is 12.8. The SMILES string of the molecule is O=C(CCNCCC1=CCCCC1)NC1CCCCC1. The van der Waals surface area contributed by atoms with Crippen LogP contribution >= 0.6 is 0 Å². The lowest BCUT2D eigenvalue weighted by atomic mass is 9.95. The second kappa shape index (κ2) is 9.17. The molecular weight excluding hydrogens is 248 g/mol. The van der Waals surface area contributed by atoms with Crippen LogP contribution in [0.4, 0.5) is 0 Å². The fraction of sp³-hybridized carbons (Fsp3) is 0.824. The van der Waals surface area contributed by atoms with E-state index in [1.54, 1.807) is 5.57 Å². The largest absolute Gasteiger partial charge is 0.353 e. The summed E-state index contributed by atoms with van der Waals surface area (Å²) in [5, 5.41) is 6.57. The molecule has 0 aromatic heterocycles. The van der Waals surface area contributed by atoms with Crippen molar-refractivity contribution < 1.29 is 4.79 Å². The van der Waals surface area contributed by atoms with E-state index < -0.39 is 0 Å². The number of carbonyl (C=O) groups is 1. The van der Waals surface area contributed by atoms with Crippen molar-refractivity contribution in [3.05, 3.63) is 11.6 Å². The molecule has 2 rings (SSSR count). The van der Waals surface area contributed by atoms with E-state index in [0.717, 1.165) is 19.5 Å². The van der Waals surface area contributed by atoms with Gasteiger partial charge in [-0.25, -0.2) is 0 Å². The molecule has 0 radical (unpaired) electrons. The van der Waals surface area contributed by atoms with E-state index in [0.29, 0.717) is 12.5 Å². The first-order valence-electron chi connectivity index (χ1n) is 8.52. The predicted octanol–water partition coefficient (Wildman–Crippen LogP) is 3.31. The van der Waals surface area contributed by atoms with Crippen LogP contribution in [-0.2, 0) is 4.79 Å². The maximum absolute atomic E-state index is 11.8. The predicted molar refractivity (Wildman–Crippen MR) is 83.7 cm³/mol. The average molecular weight is 278 g/mol. The Morgan fingerprint density at radius 2 is 1.95 bits per heavy atom. The Balaban J connectivity index is 1.47. The van der Waals surface area contributed by atoms with E-state index in [1.165, 1.54) is 57.8 Å². The van der Waals surface area contributed by atoms with Crippen LogP contribution in [0.25, 0.3) is 0 Å². The van der Waals surface area contributed by atoms with Crippen LogP contribution in [0, 0.1) is 0 Å². The van der Waals surface area contributed by atoms with E-state index in [2.05, 4.69) is 16.7 Å². The van der Waals surface area contributed by atoms with Crippen LogP contribution in [0.1, 0.15) is 70.6 Å². The summed E-state index contributed by atoms with van der Waals surface area (Å²) in [4.78, 5) is 11.8. The van der Waals surface area contributed by atoms with E-state index in [9.17, 15) is 4.79 Å². The summed E-state index contributed by atoms with van der Waals surface area (Å²) in [6, 6.07) is 0.448. The molecule has 0 heterocycles. The molecule has 3 nitrogen and oxygen atoms in total. The monoisotopic (exact) mass is 278 g/mol. The summed E-state index contributed by atoms with van der Waals surface area (Å²) in [6.07, 6.45) is 15.7. The van der Waals surface area contributed by atoms with E-state index >= 15 is 0 Å². The molecule has 3 heteroatoms. The van der Waals surface area contributed by atoms with E-state index in [1.807, 2.05) is 0 Å². The molecule has 1 fully saturated rings. The van der Waals surface area contributed by atoms with Gasteiger partial charge in [-0.1, -0.05) is 30.9 Å². The molecule has 0 aromatic carbocycles. The number of hydrogen-bond acceptors (Lipinski definition) is 2. The molecular formula is C17H30N2O. The van der Waals surface area contributed by atoms with Crippen LogP contribution < -0.4 is 10.6 Å². The van der Waals surface area contributed by atoms with Gasteiger partial charge in [0, 0.05) is 19.0 Å². The third kappa shape index (κ3) is 6.08. The first kappa shape index (κ1) is 15.6. The average Bonchev–Trinajstić information content (AvgIpc) is 2.49. The van der Waals surface area contributed by atoms with Gasteiger partial charge in [0.1, 0.15) is 0 Å². The van der Waals surface area contributed by atoms with E-state index in [4.69, 9.17) is 0 Å². The highest BCUT2D eigenvalue weighted by Crippen LogP contribution is 2.19. The van der Waals surface area contributed by atoms with Gasteiger partial charge in [0.25, 0.3) is 0 Å². The summed E-state index contributed by atoms with van der Waals surface area (Å²) >= 11 is 0. The van der Waals surface area contributed by atoms with Gasteiger partial charge in [-0.05, 0) is 51.5 Å². The Bertz CT molecular complexity index is 319. The van der Waals surface area contributed by atoms with Crippen molar-refractivity contribution in [3.8, 4) is 0 Å². The van der Waals surface area contributed by atoms with Gasteiger partial charge >= 0.3 is 0 Å². The van der Waals surface area contributed by atoms with Crippen molar-refractivity contribution in [2.24, 2.45) is 0 Å². The Labute approximate surface area is 123 Å². The molecule has 2 N–H and O–H groups in total. The third-order valence-electron chi connectivity index (χ3n) is 4.51. The van der Waals surface area contributed by atoms with E-state index in [-0.39, 0.29) is 5.91 Å². The molecule has 0 bridgehead atoms. The van der Waals surface area contributed by atoms with Gasteiger partial charge in [0.15, 0.2) is 0 Å². The fourth-order valence-electron chi connectivity index (χ4n) is 3.25. The maximum Gasteiger partial charge on any atom is 0.221 e. The topological polar surface area (TPSA) is 41.1 Å². The van der Waals surface area contributed by atoms with Crippen LogP contribution in [0.15, 0.2) is 11.6 Å². The number of hydrogen-bond donors (Lipinski definition) is 2. The lowest BCUT2D eigenvalue weighted by Gasteiger charge is -2.22. The zero-order valence-electron chi connectivity index (χ0n) is 12.8. The standard InChI is InChI=1S/C17H30N2O/c20-17(19-16-9-5-2-6-10-16)12-14-18-13-11-15-7-3-1-4-8-15/h7,16,18H,1-6,8-14H2,(H,19,20). The summed E-state index contributed by atoms with van der Waals surface area (Å²) in [7, 11) is 0. The maximum atomic E-state index is 11.8. The van der Waals surface area contributed by atoms with Gasteiger partial charge in [0.05, 0.1) is 0 Å². The number of allylic oxidation sites excluding steroid dienone is 1. The molecule has 0 unspecified atom stereocenters. The molecule has 114 valence electrons. The van der Waals surface area contributed by atoms with Gasteiger partial charge in [-0.2, -0.15) is 0 Å². The van der Waals surface area contributed by atoms with Gasteiger partial charge in [-0.15, -0.1) is 0 Å². The smallest absolute Gasteiger partial charge is 0.221 e. The van der Waals surface area contributed by atoms with Gasteiger partial charge < -0.3 is 10.6 Å². The normalized spacial score (nSPS) is 20.5. The molecule has 0 atom stereocenters. The Hall–Kier alpha value is -0.830. The van der Waals surface area contributed by atoms with Crippen molar-refractivity contribution in [1.82, 2.24) is 10.6 Å². The molecule has 0 aromatic rings. The second-order valence-electron chi connectivity index (χ2n) is 6.26. The van der Waals surface area contributed by atoms with Crippen molar-refractivity contribution in [1.29, 1.82) is 0 Å². The first-order valence-corrected chi connectivity index (χ1v) is 8.52. The van der Waals surface area contributed by atoms with Crippen molar-refractivity contribution >= 4 is 5.91 Å². The van der Waals surface area contributed by atoms with Crippen molar-refractivity contribution in [2.45, 2.75) is 76.7 Å². The lowest BCUT2D eigenvalue weighted by Crippen LogP contribution is -2.37. The quantitative estimate of drug-likeness (QED) is 0.554. The molecule has 1 saturated carbocycles. The second-order valence-corrected chi connectivity index (χ2v) is 6.26. The number of nitrogens with one attached hydrogen (secondary N) is 2. The Morgan fingerprint density at radius 1 is 1.10 bits per heavy atom. The Morgan fingerprint density at radius 3 is 2.70 bits per heavy atom. The minimum atomic E-state index is 0.223. The van der Waals surface area contributed by atoms with Crippen LogP contribution in [0.2, 0.25) is 0 Å². The highest BCUT2D eigenvalue weighted by molar-refractivity contribution is 5.76. The number of rotatable bonds is 7. The number of amides is 1. The van der Waals surface area contributed by atoms with Gasteiger partial charge in [-0.3, -0.25) is 4.79 Å². The molecule has 2 aliphatic carbocycles. The third-order valence-corrected chi connectivity index (χ3v) is 4.51. The van der Waals surface area contributed by atoms with Crippen molar-refractivity contribution in [2.75, 3.05) is 13.1 Å². The molecule has 20 heavy (non-hydrogen) atoms. The Kier molecular flexibility index (Phi) is 7.13. The molecule has 0 aliphatic heterocycles. The van der Waals surface area contributed by atoms with Crippen LogP contribution in [0.3, 0.4) is 0 Å². The van der Waals surface area contributed by atoms with Crippen molar-refractivity contribution in [3.63, 3.8) is 0 Å². The molecule has 0 saturated heterocycles. The van der Waals surface area contributed by atoms with Crippen LogP contribution in [-0.4, -0.2) is 25.0 Å². The zero-order chi connectivity index (χ0) is 14.0. The van der Waals surface area contributed by atoms with Crippen LogP contribution in [0.5, 0.6) is 0 Å². The summed E-state index contributed by atoms with van der Waals surface area (Å²) in [5.41, 5.74) is 1.61. The highest BCUT2D eigenvalue weighted by atomic mass is 16.1. The molecule has 1 amide bonds. The number of carbonyl (C=O) groups excluding carboxylic acids is 1. The highest BCUT2D eigenvalue weighted by Gasteiger charge is 2.15. The summed E-state index contributed by atoms with van der Waals surface area (Å²) < 4.78 is 0. The minimum absolute atomic E-state index is 0.223. The molecule has 0 spiro atoms. The fourth-order valence-corrected chi connectivity index (χ4v) is 3.25. The molecule has 2 aliphatic rings.